The Labute approximate surface area is 183 Å². The number of hydrogen-bond acceptors (Lipinski definition) is 5. The van der Waals surface area contributed by atoms with Gasteiger partial charge < -0.3 is 25.4 Å². The third-order valence-electron chi connectivity index (χ3n) is 5.17. The summed E-state index contributed by atoms with van der Waals surface area (Å²) in [5.41, 5.74) is 1.92. The molecule has 0 spiro atoms. The molecule has 0 saturated carbocycles. The van der Waals surface area contributed by atoms with E-state index in [4.69, 9.17) is 9.47 Å². The first-order chi connectivity index (χ1) is 15.0. The highest BCUT2D eigenvalue weighted by atomic mass is 16.5. The number of benzene rings is 2. The lowest BCUT2D eigenvalue weighted by Crippen LogP contribution is -2.32. The van der Waals surface area contributed by atoms with Crippen molar-refractivity contribution < 1.29 is 19.1 Å². The molecule has 0 bridgehead atoms. The minimum absolute atomic E-state index is 0.0998. The lowest BCUT2D eigenvalue weighted by molar-refractivity contribution is -0.114. The largest absolute Gasteiger partial charge is 0.491 e. The van der Waals surface area contributed by atoms with E-state index in [1.165, 1.54) is 0 Å². The molecule has 7 nitrogen and oxygen atoms in total. The van der Waals surface area contributed by atoms with Gasteiger partial charge >= 0.3 is 0 Å². The molecule has 7 heteroatoms. The first-order valence-corrected chi connectivity index (χ1v) is 10.8. The lowest BCUT2D eigenvalue weighted by Gasteiger charge is -2.13. The van der Waals surface area contributed by atoms with E-state index in [1.807, 2.05) is 38.1 Å². The maximum absolute atomic E-state index is 12.3. The normalized spacial score (nSPS) is 16.4. The van der Waals surface area contributed by atoms with Crippen LogP contribution in [0.4, 0.5) is 11.4 Å². The van der Waals surface area contributed by atoms with Gasteiger partial charge in [0.05, 0.1) is 12.6 Å². The van der Waals surface area contributed by atoms with Crippen molar-refractivity contribution in [2.45, 2.75) is 45.3 Å². The molecule has 166 valence electrons. The molecule has 2 atom stereocenters. The molecule has 3 N–H and O–H groups in total. The highest BCUT2D eigenvalue weighted by Crippen LogP contribution is 2.18. The molecule has 1 aliphatic rings. The van der Waals surface area contributed by atoms with Crippen LogP contribution in [0.1, 0.15) is 43.5 Å². The van der Waals surface area contributed by atoms with Gasteiger partial charge in [0.15, 0.2) is 0 Å². The third-order valence-corrected chi connectivity index (χ3v) is 5.17. The van der Waals surface area contributed by atoms with E-state index < -0.39 is 0 Å². The van der Waals surface area contributed by atoms with Crippen LogP contribution in [0.25, 0.3) is 0 Å². The Morgan fingerprint density at radius 3 is 2.68 bits per heavy atom. The summed E-state index contributed by atoms with van der Waals surface area (Å²) < 4.78 is 11.3. The zero-order valence-corrected chi connectivity index (χ0v) is 18.1. The van der Waals surface area contributed by atoms with Gasteiger partial charge in [-0.3, -0.25) is 9.59 Å². The number of amides is 2. The highest BCUT2D eigenvalue weighted by Gasteiger charge is 2.16. The number of hydrogen-bond donors (Lipinski definition) is 3. The van der Waals surface area contributed by atoms with Gasteiger partial charge in [0.25, 0.3) is 5.91 Å². The summed E-state index contributed by atoms with van der Waals surface area (Å²) in [4.78, 5) is 24.6. The van der Waals surface area contributed by atoms with Crippen molar-refractivity contribution in [3.05, 3.63) is 54.1 Å². The molecule has 31 heavy (non-hydrogen) atoms. The van der Waals surface area contributed by atoms with Crippen molar-refractivity contribution in [2.75, 3.05) is 30.4 Å². The molecule has 2 unspecified atom stereocenters. The van der Waals surface area contributed by atoms with Crippen LogP contribution in [0.3, 0.4) is 0 Å². The van der Waals surface area contributed by atoms with E-state index >= 15 is 0 Å². The fraction of sp³-hybridized carbons (Fsp3) is 0.417. The van der Waals surface area contributed by atoms with Gasteiger partial charge in [0.1, 0.15) is 12.4 Å². The topological polar surface area (TPSA) is 88.7 Å². The van der Waals surface area contributed by atoms with Crippen molar-refractivity contribution in [1.82, 2.24) is 5.32 Å². The van der Waals surface area contributed by atoms with Gasteiger partial charge in [0.2, 0.25) is 5.91 Å². The number of ether oxygens (including phenoxy) is 2. The quantitative estimate of drug-likeness (QED) is 0.539. The second kappa shape index (κ2) is 11.4. The molecular formula is C24H31N3O4. The molecule has 1 saturated heterocycles. The number of anilines is 2. The second-order valence-corrected chi connectivity index (χ2v) is 7.74. The molecular weight excluding hydrogens is 394 g/mol. The fourth-order valence-electron chi connectivity index (χ4n) is 3.17. The van der Waals surface area contributed by atoms with Crippen LogP contribution >= 0.6 is 0 Å². The van der Waals surface area contributed by atoms with Crippen molar-refractivity contribution in [3.8, 4) is 5.75 Å². The van der Waals surface area contributed by atoms with Crippen LogP contribution in [0.15, 0.2) is 48.5 Å². The summed E-state index contributed by atoms with van der Waals surface area (Å²) in [5, 5.41) is 8.83. The Hall–Kier alpha value is -3.06. The summed E-state index contributed by atoms with van der Waals surface area (Å²) >= 11 is 0. The van der Waals surface area contributed by atoms with Crippen LogP contribution in [-0.4, -0.2) is 43.7 Å². The summed E-state index contributed by atoms with van der Waals surface area (Å²) in [6, 6.07) is 14.5. The number of rotatable bonds is 10. The zero-order valence-electron chi connectivity index (χ0n) is 18.1. The van der Waals surface area contributed by atoms with E-state index in [2.05, 4.69) is 16.0 Å². The molecule has 1 fully saturated rings. The molecule has 0 aromatic heterocycles. The lowest BCUT2D eigenvalue weighted by atomic mass is 10.1. The van der Waals surface area contributed by atoms with Crippen LogP contribution < -0.4 is 20.7 Å². The Kier molecular flexibility index (Phi) is 8.29. The van der Waals surface area contributed by atoms with Gasteiger partial charge in [-0.15, -0.1) is 0 Å². The second-order valence-electron chi connectivity index (χ2n) is 7.74. The van der Waals surface area contributed by atoms with Crippen LogP contribution in [0, 0.1) is 0 Å². The molecule has 2 aromatic carbocycles. The fourth-order valence-corrected chi connectivity index (χ4v) is 3.17. The Bertz CT molecular complexity index is 863. The van der Waals surface area contributed by atoms with E-state index in [0.29, 0.717) is 17.9 Å². The number of nitrogens with one attached hydrogen (secondary N) is 3. The maximum atomic E-state index is 12.3. The summed E-state index contributed by atoms with van der Waals surface area (Å²) in [7, 11) is 0. The number of carbonyl (C=O) groups is 2. The van der Waals surface area contributed by atoms with Gasteiger partial charge in [-0.05, 0) is 68.7 Å². The summed E-state index contributed by atoms with van der Waals surface area (Å²) in [6.45, 7) is 5.45. The van der Waals surface area contributed by atoms with Gasteiger partial charge in [0, 0.05) is 29.6 Å². The smallest absolute Gasteiger partial charge is 0.251 e. The van der Waals surface area contributed by atoms with E-state index in [0.717, 1.165) is 37.3 Å². The molecule has 2 amide bonds. The van der Waals surface area contributed by atoms with Crippen LogP contribution in [0.2, 0.25) is 0 Å². The molecule has 0 radical (unpaired) electrons. The highest BCUT2D eigenvalue weighted by molar-refractivity contribution is 5.98. The van der Waals surface area contributed by atoms with Crippen molar-refractivity contribution >= 4 is 23.2 Å². The van der Waals surface area contributed by atoms with Crippen molar-refractivity contribution in [2.24, 2.45) is 0 Å². The minimum atomic E-state index is -0.196. The molecule has 1 aliphatic heterocycles. The predicted molar refractivity (Wildman–Crippen MR) is 122 cm³/mol. The Balaban J connectivity index is 1.44. The molecule has 0 aliphatic carbocycles. The van der Waals surface area contributed by atoms with Gasteiger partial charge in [-0.1, -0.05) is 13.0 Å². The van der Waals surface area contributed by atoms with Crippen LogP contribution in [0.5, 0.6) is 5.75 Å². The standard InChI is InChI=1S/C24H31N3O4/c1-3-17(2)26-24(29)18-6-4-7-20(14-18)27-23(28)15-25-19-9-11-21(12-10-19)31-16-22-8-5-13-30-22/h4,6-7,9-12,14,17,22,25H,3,5,8,13,15-16H2,1-2H3,(H,26,29)(H,27,28). The van der Waals surface area contributed by atoms with Crippen LogP contribution in [-0.2, 0) is 9.53 Å². The first-order valence-electron chi connectivity index (χ1n) is 10.8. The minimum Gasteiger partial charge on any atom is -0.491 e. The average Bonchev–Trinajstić information content (AvgIpc) is 3.31. The van der Waals surface area contributed by atoms with Crippen molar-refractivity contribution in [3.63, 3.8) is 0 Å². The van der Waals surface area contributed by atoms with Gasteiger partial charge in [-0.2, -0.15) is 0 Å². The molecule has 1 heterocycles. The summed E-state index contributed by atoms with van der Waals surface area (Å²) in [6.07, 6.45) is 3.17. The van der Waals surface area contributed by atoms with E-state index in [-0.39, 0.29) is 30.5 Å². The maximum Gasteiger partial charge on any atom is 0.251 e. The van der Waals surface area contributed by atoms with Crippen molar-refractivity contribution in [1.29, 1.82) is 0 Å². The Morgan fingerprint density at radius 2 is 1.97 bits per heavy atom. The zero-order chi connectivity index (χ0) is 22.1. The third kappa shape index (κ3) is 7.29. The molecule has 2 aromatic rings. The first kappa shape index (κ1) is 22.6. The van der Waals surface area contributed by atoms with E-state index in [1.54, 1.807) is 24.3 Å². The SMILES string of the molecule is CCC(C)NC(=O)c1cccc(NC(=O)CNc2ccc(OCC3CCCO3)cc2)c1. The molecule has 3 rings (SSSR count). The summed E-state index contributed by atoms with van der Waals surface area (Å²) in [5.74, 6) is 0.432. The average molecular weight is 426 g/mol. The van der Waals surface area contributed by atoms with E-state index in [9.17, 15) is 9.59 Å². The Morgan fingerprint density at radius 1 is 1.16 bits per heavy atom. The van der Waals surface area contributed by atoms with Gasteiger partial charge in [-0.25, -0.2) is 0 Å². The predicted octanol–water partition coefficient (Wildman–Crippen LogP) is 3.82. The number of carbonyl (C=O) groups excluding carboxylic acids is 2. The monoisotopic (exact) mass is 425 g/mol.